The molecule has 0 spiro atoms. The Labute approximate surface area is 146 Å². The van der Waals surface area contributed by atoms with Crippen molar-refractivity contribution in [3.8, 4) is 11.5 Å². The summed E-state index contributed by atoms with van der Waals surface area (Å²) >= 11 is 0. The van der Waals surface area contributed by atoms with Gasteiger partial charge in [0.1, 0.15) is 0 Å². The van der Waals surface area contributed by atoms with Crippen LogP contribution in [0.1, 0.15) is 32.4 Å². The molecule has 1 atom stereocenters. The molecule has 5 heteroatoms. The predicted octanol–water partition coefficient (Wildman–Crippen LogP) is 2.40. The molecule has 1 N–H and O–H groups in total. The van der Waals surface area contributed by atoms with Crippen LogP contribution in [0.25, 0.3) is 0 Å². The Hall–Kier alpha value is -1.30. The number of rotatable bonds is 8. The minimum Gasteiger partial charge on any atom is -0.493 e. The van der Waals surface area contributed by atoms with E-state index in [1.54, 1.807) is 7.11 Å². The molecule has 136 valence electrons. The molecule has 1 heterocycles. The Morgan fingerprint density at radius 2 is 1.83 bits per heavy atom. The van der Waals surface area contributed by atoms with E-state index in [1.807, 2.05) is 18.2 Å². The molecule has 1 aromatic carbocycles. The first-order chi connectivity index (χ1) is 11.6. The summed E-state index contributed by atoms with van der Waals surface area (Å²) in [4.78, 5) is 4.80. The fourth-order valence-electron chi connectivity index (χ4n) is 3.09. The van der Waals surface area contributed by atoms with E-state index in [0.717, 1.165) is 49.8 Å². The maximum Gasteiger partial charge on any atom is 0.161 e. The molecule has 0 bridgehead atoms. The molecule has 0 saturated carbocycles. The summed E-state index contributed by atoms with van der Waals surface area (Å²) in [6.07, 6.45) is 0. The van der Waals surface area contributed by atoms with Crippen molar-refractivity contribution in [3.63, 3.8) is 0 Å². The van der Waals surface area contributed by atoms with E-state index >= 15 is 0 Å². The van der Waals surface area contributed by atoms with Gasteiger partial charge in [0.2, 0.25) is 0 Å². The fourth-order valence-corrected chi connectivity index (χ4v) is 3.09. The Bertz CT molecular complexity index is 499. The molecule has 24 heavy (non-hydrogen) atoms. The van der Waals surface area contributed by atoms with Crippen LogP contribution in [0.15, 0.2) is 18.2 Å². The lowest BCUT2D eigenvalue weighted by molar-refractivity contribution is 0.0671. The number of aliphatic hydroxyl groups excluding tert-OH is 1. The van der Waals surface area contributed by atoms with Gasteiger partial charge in [0.05, 0.1) is 26.4 Å². The molecule has 1 fully saturated rings. The molecular formula is C19H32N2O3. The van der Waals surface area contributed by atoms with Crippen LogP contribution < -0.4 is 9.47 Å². The lowest BCUT2D eigenvalue weighted by Gasteiger charge is -2.38. The van der Waals surface area contributed by atoms with Crippen molar-refractivity contribution in [2.75, 3.05) is 53.0 Å². The Balaban J connectivity index is 2.11. The van der Waals surface area contributed by atoms with Gasteiger partial charge in [-0.2, -0.15) is 0 Å². The van der Waals surface area contributed by atoms with Crippen molar-refractivity contribution < 1.29 is 14.6 Å². The first-order valence-electron chi connectivity index (χ1n) is 8.97. The van der Waals surface area contributed by atoms with Gasteiger partial charge in [-0.05, 0) is 30.2 Å². The second-order valence-electron chi connectivity index (χ2n) is 6.78. The third kappa shape index (κ3) is 4.85. The average Bonchev–Trinajstić information content (AvgIpc) is 2.61. The lowest BCUT2D eigenvalue weighted by atomic mass is 10.0. The van der Waals surface area contributed by atoms with Gasteiger partial charge in [0, 0.05) is 26.2 Å². The Kier molecular flexibility index (Phi) is 7.34. The molecule has 1 aromatic rings. The minimum absolute atomic E-state index is 0.0112. The van der Waals surface area contributed by atoms with Gasteiger partial charge in [-0.1, -0.05) is 26.8 Å². The van der Waals surface area contributed by atoms with Gasteiger partial charge in [0.15, 0.2) is 11.5 Å². The monoisotopic (exact) mass is 336 g/mol. The molecule has 0 radical (unpaired) electrons. The van der Waals surface area contributed by atoms with Crippen LogP contribution in [0, 0.1) is 5.92 Å². The summed E-state index contributed by atoms with van der Waals surface area (Å²) in [5.41, 5.74) is 1.08. The maximum absolute atomic E-state index is 9.94. The van der Waals surface area contributed by atoms with E-state index in [9.17, 15) is 5.11 Å². The van der Waals surface area contributed by atoms with Crippen LogP contribution in [-0.4, -0.2) is 68.0 Å². The van der Waals surface area contributed by atoms with Crippen LogP contribution >= 0.6 is 0 Å². The Morgan fingerprint density at radius 3 is 2.38 bits per heavy atom. The smallest absolute Gasteiger partial charge is 0.161 e. The van der Waals surface area contributed by atoms with Gasteiger partial charge in [-0.15, -0.1) is 0 Å². The van der Waals surface area contributed by atoms with E-state index in [-0.39, 0.29) is 12.6 Å². The zero-order valence-electron chi connectivity index (χ0n) is 15.5. The molecule has 1 aliphatic rings. The van der Waals surface area contributed by atoms with E-state index in [4.69, 9.17) is 9.47 Å². The van der Waals surface area contributed by atoms with Gasteiger partial charge < -0.3 is 19.5 Å². The van der Waals surface area contributed by atoms with Gasteiger partial charge in [-0.3, -0.25) is 4.90 Å². The fraction of sp³-hybridized carbons (Fsp3) is 0.684. The number of methoxy groups -OCH3 is 1. The third-order valence-corrected chi connectivity index (χ3v) is 4.61. The second kappa shape index (κ2) is 9.25. The van der Waals surface area contributed by atoms with E-state index in [1.165, 1.54) is 0 Å². The maximum atomic E-state index is 9.94. The highest BCUT2D eigenvalue weighted by molar-refractivity contribution is 5.44. The van der Waals surface area contributed by atoms with E-state index < -0.39 is 0 Å². The quantitative estimate of drug-likeness (QED) is 0.790. The highest BCUT2D eigenvalue weighted by Gasteiger charge is 2.25. The number of ether oxygens (including phenoxy) is 2. The first-order valence-corrected chi connectivity index (χ1v) is 8.97. The lowest BCUT2D eigenvalue weighted by Crippen LogP contribution is -2.48. The summed E-state index contributed by atoms with van der Waals surface area (Å²) in [6, 6.07) is 6.02. The van der Waals surface area contributed by atoms with E-state index in [0.29, 0.717) is 12.5 Å². The average molecular weight is 336 g/mol. The topological polar surface area (TPSA) is 45.2 Å². The van der Waals surface area contributed by atoms with Gasteiger partial charge >= 0.3 is 0 Å². The number of likely N-dealkylation sites (N-methyl/N-ethyl adjacent to an activating group) is 1. The second-order valence-corrected chi connectivity index (χ2v) is 6.78. The zero-order valence-corrected chi connectivity index (χ0v) is 15.5. The highest BCUT2D eigenvalue weighted by atomic mass is 16.5. The number of piperazine rings is 1. The molecule has 0 aromatic heterocycles. The molecule has 1 aliphatic heterocycles. The summed E-state index contributed by atoms with van der Waals surface area (Å²) < 4.78 is 11.3. The van der Waals surface area contributed by atoms with Crippen molar-refractivity contribution in [2.45, 2.75) is 26.8 Å². The SMILES string of the molecule is CCN1CCN(C(CO)c2ccc(OCC(C)C)c(OC)c2)CC1. The summed E-state index contributed by atoms with van der Waals surface area (Å²) in [5.74, 6) is 1.97. The van der Waals surface area contributed by atoms with Crippen LogP contribution in [0.2, 0.25) is 0 Å². The van der Waals surface area contributed by atoms with Crippen molar-refractivity contribution >= 4 is 0 Å². The normalized spacial score (nSPS) is 17.9. The van der Waals surface area contributed by atoms with Crippen molar-refractivity contribution in [1.82, 2.24) is 9.80 Å². The predicted molar refractivity (Wildman–Crippen MR) is 96.8 cm³/mol. The Morgan fingerprint density at radius 1 is 1.12 bits per heavy atom. The van der Waals surface area contributed by atoms with Crippen LogP contribution in [0.4, 0.5) is 0 Å². The molecule has 1 saturated heterocycles. The summed E-state index contributed by atoms with van der Waals surface area (Å²) in [5, 5.41) is 9.94. The molecule has 5 nitrogen and oxygen atoms in total. The third-order valence-electron chi connectivity index (χ3n) is 4.61. The van der Waals surface area contributed by atoms with Gasteiger partial charge in [0.25, 0.3) is 0 Å². The zero-order chi connectivity index (χ0) is 17.5. The van der Waals surface area contributed by atoms with Crippen LogP contribution in [-0.2, 0) is 0 Å². The summed E-state index contributed by atoms with van der Waals surface area (Å²) in [7, 11) is 1.66. The first kappa shape index (κ1) is 19.0. The number of aliphatic hydroxyl groups is 1. The minimum atomic E-state index is 0.0112. The van der Waals surface area contributed by atoms with Crippen molar-refractivity contribution in [3.05, 3.63) is 23.8 Å². The number of hydrogen-bond acceptors (Lipinski definition) is 5. The highest BCUT2D eigenvalue weighted by Crippen LogP contribution is 2.32. The molecule has 0 amide bonds. The largest absolute Gasteiger partial charge is 0.493 e. The van der Waals surface area contributed by atoms with Crippen LogP contribution in [0.5, 0.6) is 11.5 Å². The van der Waals surface area contributed by atoms with Gasteiger partial charge in [-0.25, -0.2) is 0 Å². The van der Waals surface area contributed by atoms with E-state index in [2.05, 4.69) is 30.6 Å². The number of hydrogen-bond donors (Lipinski definition) is 1. The molecular weight excluding hydrogens is 304 g/mol. The molecule has 2 rings (SSSR count). The molecule has 1 unspecified atom stereocenters. The molecule has 0 aliphatic carbocycles. The van der Waals surface area contributed by atoms with Crippen molar-refractivity contribution in [1.29, 1.82) is 0 Å². The van der Waals surface area contributed by atoms with Crippen molar-refractivity contribution in [2.24, 2.45) is 5.92 Å². The standard InChI is InChI=1S/C19H32N2O3/c1-5-20-8-10-21(11-9-20)17(13-22)16-6-7-18(19(12-16)23-4)24-14-15(2)3/h6-7,12,15,17,22H,5,8-11,13-14H2,1-4H3. The summed E-state index contributed by atoms with van der Waals surface area (Å²) in [6.45, 7) is 12.4. The number of benzene rings is 1. The van der Waals surface area contributed by atoms with Crippen LogP contribution in [0.3, 0.4) is 0 Å². The number of nitrogens with zero attached hydrogens (tertiary/aromatic N) is 2.